The zero-order valence-electron chi connectivity index (χ0n) is 56.6. The Bertz CT molecular complexity index is 3640. The Labute approximate surface area is 565 Å². The Morgan fingerprint density at radius 3 is 1.44 bits per heavy atom. The van der Waals surface area contributed by atoms with Crippen molar-refractivity contribution in [1.29, 1.82) is 0 Å². The van der Waals surface area contributed by atoms with Crippen LogP contribution in [0, 0.1) is 0 Å². The minimum atomic E-state index is -0.281. The number of pyridine rings is 3. The van der Waals surface area contributed by atoms with Gasteiger partial charge >= 0.3 is 0 Å². The molecule has 94 heavy (non-hydrogen) atoms. The molecule has 0 aliphatic heterocycles. The van der Waals surface area contributed by atoms with E-state index in [4.69, 9.17) is 64.3 Å². The van der Waals surface area contributed by atoms with Crippen LogP contribution < -0.4 is 52.1 Å². The number of nitrogens with one attached hydrogen (secondary N) is 3. The number of carbonyl (C=O) groups excluding carboxylic acids is 3. The van der Waals surface area contributed by atoms with E-state index < -0.39 is 0 Å². The van der Waals surface area contributed by atoms with Crippen LogP contribution in [0.3, 0.4) is 0 Å². The van der Waals surface area contributed by atoms with Gasteiger partial charge in [-0.15, -0.1) is 0 Å². The Balaban J connectivity index is 0.000000330. The van der Waals surface area contributed by atoms with E-state index in [1.165, 1.54) is 6.42 Å². The van der Waals surface area contributed by atoms with Crippen molar-refractivity contribution in [2.75, 3.05) is 50.1 Å². The number of Topliss-reactive ketones (excluding diaryl/α,β-unsaturated/α-hetero) is 3. The molecule has 0 bridgehead atoms. The quantitative estimate of drug-likeness (QED) is 0.0180. The summed E-state index contributed by atoms with van der Waals surface area (Å²) in [6, 6.07) is 22.3. The van der Waals surface area contributed by atoms with Gasteiger partial charge in [0.1, 0.15) is 56.9 Å². The molecule has 22 nitrogen and oxygen atoms in total. The largest absolute Gasteiger partial charge is 0.497 e. The summed E-state index contributed by atoms with van der Waals surface area (Å²) in [5.41, 5.74) is 22.7. The molecule has 2 aromatic carbocycles. The number of benzene rings is 2. The molecule has 0 aliphatic rings. The fourth-order valence-corrected chi connectivity index (χ4v) is 10.0. The molecule has 6 heterocycles. The average Bonchev–Trinajstić information content (AvgIpc) is 0.826. The standard InChI is InChI=1S/C26H35N5O3.C17H25N5O.C10H21NO.C9H13NO2.C7H3Cl2N3.CH4/c1-6-7-13-26(3,14-12-18(2)32)31-24-23-21(9-8-15-27-23)29-25(30-24)28-17-19-10-11-20(33-4)16-22(19)34-5;1-4-5-9-17(3,10-8-12(2)23)22-15-14-13(7-6-11-19-14)20-16(18)21-15;1-4-5-7-10(3,11)8-6-9(2)12;1-11-8-4-3-7(6-10)9(5-8)12-2;8-6-5-4(2-1-3-10-5)11-7(9)12-6;/h8-11,15-16H,6-7,12-14,17H2,1-5H3,(H2,28,29,30,31);6-7,11H,4-5,8-10H2,1-3H3,(H3,18,20,21,22);4-8,11H2,1-3H3;3-5H,6,10H2,1-2H3;1-3H;1H4/t26-;17-;10-;;;/m111.../s1. The maximum absolute atomic E-state index is 11.7. The van der Waals surface area contributed by atoms with Crippen molar-refractivity contribution in [1.82, 2.24) is 44.9 Å². The SMILES string of the molecule is C.CCCC[C@@](C)(N)CCC(C)=O.CCCC[C@](C)(CCC(C)=O)Nc1nc(N)nc2cccnc12.CCCC[C@](C)(CCC(C)=O)Nc1nc(NCc2ccc(OC)cc2OC)nc2cccnc12.COc1ccc(CN)c(OC)c1.Clc1nc(Cl)c2ncccc2n1. The van der Waals surface area contributed by atoms with Crippen molar-refractivity contribution in [3.05, 3.63) is 113 Å². The summed E-state index contributed by atoms with van der Waals surface area (Å²) in [5, 5.41) is 10.8. The summed E-state index contributed by atoms with van der Waals surface area (Å²) < 4.78 is 20.9. The fraction of sp³-hybridized carbons (Fsp3) is 0.486. The van der Waals surface area contributed by atoms with E-state index in [1.54, 1.807) is 79.9 Å². The molecule has 3 atom stereocenters. The Kier molecular flexibility index (Phi) is 34.8. The minimum absolute atomic E-state index is 0. The number of nitrogens with zero attached hydrogens (tertiary/aromatic N) is 9. The fourth-order valence-electron chi connectivity index (χ4n) is 9.58. The van der Waals surface area contributed by atoms with Crippen LogP contribution in [0.5, 0.6) is 23.0 Å². The lowest BCUT2D eigenvalue weighted by Gasteiger charge is -2.32. The molecular formula is C70H101Cl2N15O7. The lowest BCUT2D eigenvalue weighted by Crippen LogP contribution is -2.36. The maximum Gasteiger partial charge on any atom is 0.225 e. The number of rotatable bonds is 30. The van der Waals surface area contributed by atoms with Crippen LogP contribution in [-0.4, -0.2) is 107 Å². The van der Waals surface area contributed by atoms with Gasteiger partial charge in [0.2, 0.25) is 17.2 Å². The van der Waals surface area contributed by atoms with E-state index in [0.29, 0.717) is 77.5 Å². The molecule has 6 aromatic heterocycles. The van der Waals surface area contributed by atoms with Crippen LogP contribution in [0.4, 0.5) is 23.5 Å². The average molecular weight is 1340 g/mol. The molecule has 24 heteroatoms. The van der Waals surface area contributed by atoms with Gasteiger partial charge in [-0.05, 0) is 146 Å². The third kappa shape index (κ3) is 27.4. The molecule has 0 amide bonds. The lowest BCUT2D eigenvalue weighted by molar-refractivity contribution is -0.118. The van der Waals surface area contributed by atoms with Gasteiger partial charge in [0, 0.05) is 90.8 Å². The van der Waals surface area contributed by atoms with Crippen molar-refractivity contribution in [2.24, 2.45) is 11.5 Å². The Morgan fingerprint density at radius 1 is 0.532 bits per heavy atom. The number of unbranched alkanes of at least 4 members (excludes halogenated alkanes) is 3. The number of halogens is 2. The predicted molar refractivity (Wildman–Crippen MR) is 382 cm³/mol. The topological polar surface area (TPSA) is 318 Å². The van der Waals surface area contributed by atoms with Crippen molar-refractivity contribution < 1.29 is 33.3 Å². The summed E-state index contributed by atoms with van der Waals surface area (Å²) in [7, 11) is 6.50. The van der Waals surface area contributed by atoms with Crippen molar-refractivity contribution in [3.63, 3.8) is 0 Å². The molecule has 0 saturated carbocycles. The van der Waals surface area contributed by atoms with Gasteiger partial charge in [-0.3, -0.25) is 15.0 Å². The van der Waals surface area contributed by atoms with Gasteiger partial charge in [0.25, 0.3) is 0 Å². The summed E-state index contributed by atoms with van der Waals surface area (Å²) in [5.74, 6) is 5.64. The van der Waals surface area contributed by atoms with E-state index in [1.807, 2.05) is 67.6 Å². The summed E-state index contributed by atoms with van der Waals surface area (Å²) in [6.07, 6.45) is 18.6. The number of anilines is 4. The van der Waals surface area contributed by atoms with Crippen LogP contribution in [0.2, 0.25) is 10.4 Å². The zero-order chi connectivity index (χ0) is 68.6. The molecule has 512 valence electrons. The maximum atomic E-state index is 11.7. The third-order valence-corrected chi connectivity index (χ3v) is 15.6. The first-order valence-corrected chi connectivity index (χ1v) is 32.3. The van der Waals surface area contributed by atoms with Gasteiger partial charge in [-0.1, -0.05) is 84.4 Å². The molecule has 0 spiro atoms. The Morgan fingerprint density at radius 2 is 0.968 bits per heavy atom. The number of carbonyl (C=O) groups is 3. The van der Waals surface area contributed by atoms with Gasteiger partial charge in [0.15, 0.2) is 16.8 Å². The van der Waals surface area contributed by atoms with Crippen LogP contribution in [-0.2, 0) is 27.5 Å². The second-order valence-electron chi connectivity index (χ2n) is 23.6. The van der Waals surface area contributed by atoms with Crippen LogP contribution in [0.15, 0.2) is 91.4 Å². The predicted octanol–water partition coefficient (Wildman–Crippen LogP) is 15.1. The number of ether oxygens (including phenoxy) is 4. The van der Waals surface area contributed by atoms with Gasteiger partial charge in [0.05, 0.1) is 45.0 Å². The molecule has 9 N–H and O–H groups in total. The molecule has 0 saturated heterocycles. The van der Waals surface area contributed by atoms with Gasteiger partial charge in [-0.2, -0.15) is 9.97 Å². The van der Waals surface area contributed by atoms with E-state index in [0.717, 1.165) is 110 Å². The van der Waals surface area contributed by atoms with E-state index in [-0.39, 0.29) is 57.8 Å². The minimum Gasteiger partial charge on any atom is -0.497 e. The molecule has 0 unspecified atom stereocenters. The van der Waals surface area contributed by atoms with Crippen LogP contribution >= 0.6 is 23.2 Å². The summed E-state index contributed by atoms with van der Waals surface area (Å²) in [4.78, 5) is 72.4. The normalized spacial score (nSPS) is 12.5. The smallest absolute Gasteiger partial charge is 0.225 e. The number of ketones is 3. The number of fused-ring (bicyclic) bond motifs is 3. The third-order valence-electron chi connectivity index (χ3n) is 15.2. The first-order chi connectivity index (χ1) is 44.4. The van der Waals surface area contributed by atoms with Crippen molar-refractivity contribution in [2.45, 2.75) is 196 Å². The number of aromatic nitrogens is 9. The second kappa shape index (κ2) is 40.8. The highest BCUT2D eigenvalue weighted by molar-refractivity contribution is 6.35. The first kappa shape index (κ1) is 80.1. The molecular weight excluding hydrogens is 1230 g/mol. The molecule has 0 radical (unpaired) electrons. The highest BCUT2D eigenvalue weighted by Crippen LogP contribution is 2.32. The number of hydrogen-bond acceptors (Lipinski definition) is 22. The number of nitrogens with two attached hydrogens (primary N) is 3. The monoisotopic (exact) mass is 1330 g/mol. The Hall–Kier alpha value is -8.18. The highest BCUT2D eigenvalue weighted by Gasteiger charge is 2.28. The molecule has 8 rings (SSSR count). The van der Waals surface area contributed by atoms with E-state index in [9.17, 15) is 14.4 Å². The van der Waals surface area contributed by atoms with E-state index in [2.05, 4.69) is 90.4 Å². The molecule has 0 aliphatic carbocycles. The molecule has 0 fully saturated rings. The van der Waals surface area contributed by atoms with Crippen molar-refractivity contribution >= 4 is 97.2 Å². The van der Waals surface area contributed by atoms with Gasteiger partial charge < -0.3 is 66.5 Å². The summed E-state index contributed by atoms with van der Waals surface area (Å²) in [6.45, 7) is 18.6. The first-order valence-electron chi connectivity index (χ1n) is 31.5. The number of nitrogen functional groups attached to an aromatic ring is 1. The molecule has 8 aromatic rings. The highest BCUT2D eigenvalue weighted by atomic mass is 35.5. The second-order valence-corrected chi connectivity index (χ2v) is 24.3. The number of methoxy groups -OCH3 is 4. The van der Waals surface area contributed by atoms with E-state index >= 15 is 0 Å². The van der Waals surface area contributed by atoms with Gasteiger partial charge in [-0.25, -0.2) is 19.9 Å². The van der Waals surface area contributed by atoms with Crippen molar-refractivity contribution in [3.8, 4) is 23.0 Å². The van der Waals surface area contributed by atoms with Crippen LogP contribution in [0.25, 0.3) is 33.1 Å². The zero-order valence-corrected chi connectivity index (χ0v) is 58.1. The summed E-state index contributed by atoms with van der Waals surface area (Å²) >= 11 is 11.4. The van der Waals surface area contributed by atoms with Crippen LogP contribution in [0.1, 0.15) is 177 Å². The number of hydrogen-bond donors (Lipinski definition) is 6. The lowest BCUT2D eigenvalue weighted by atomic mass is 9.89.